The van der Waals surface area contributed by atoms with E-state index in [0.717, 1.165) is 5.69 Å². The second-order valence-electron chi connectivity index (χ2n) is 4.89. The zero-order chi connectivity index (χ0) is 16.9. The topological polar surface area (TPSA) is 81.9 Å². The van der Waals surface area contributed by atoms with E-state index in [2.05, 4.69) is 20.8 Å². The number of rotatable bonds is 5. The molecule has 24 heavy (non-hydrogen) atoms. The molecular weight excluding hydrogens is 330 g/mol. The summed E-state index contributed by atoms with van der Waals surface area (Å²) >= 11 is 5.88. The molecule has 0 fully saturated rings. The number of aromatic nitrogens is 4. The van der Waals surface area contributed by atoms with Crippen molar-refractivity contribution in [2.24, 2.45) is 0 Å². The quantitative estimate of drug-likeness (QED) is 0.768. The van der Waals surface area contributed by atoms with Crippen molar-refractivity contribution >= 4 is 17.5 Å². The largest absolute Gasteiger partial charge is 0.497 e. The first-order valence-electron chi connectivity index (χ1n) is 7.13. The highest BCUT2D eigenvalue weighted by Gasteiger charge is 2.11. The summed E-state index contributed by atoms with van der Waals surface area (Å²) in [6.45, 7) is 0.195. The third-order valence-electron chi connectivity index (χ3n) is 3.36. The molecule has 3 aromatic rings. The second kappa shape index (κ2) is 7.10. The van der Waals surface area contributed by atoms with Crippen LogP contribution in [0.25, 0.3) is 5.69 Å². The first-order valence-corrected chi connectivity index (χ1v) is 7.50. The summed E-state index contributed by atoms with van der Waals surface area (Å²) in [6, 6.07) is 13.9. The van der Waals surface area contributed by atoms with Gasteiger partial charge in [-0.2, -0.15) is 4.68 Å². The number of methoxy groups -OCH3 is 1. The van der Waals surface area contributed by atoms with Crippen LogP contribution in [0.1, 0.15) is 16.2 Å². The Hall–Kier alpha value is -2.93. The highest BCUT2D eigenvalue weighted by atomic mass is 35.5. The van der Waals surface area contributed by atoms with Gasteiger partial charge in [0.25, 0.3) is 5.91 Å². The number of ether oxygens (including phenoxy) is 1. The van der Waals surface area contributed by atoms with Crippen LogP contribution in [0.3, 0.4) is 0 Å². The number of carbonyl (C=O) groups excluding carboxylic acids is 1. The van der Waals surface area contributed by atoms with Gasteiger partial charge in [-0.3, -0.25) is 4.79 Å². The van der Waals surface area contributed by atoms with Gasteiger partial charge < -0.3 is 10.1 Å². The summed E-state index contributed by atoms with van der Waals surface area (Å²) in [5.74, 6) is 0.987. The molecule has 1 heterocycles. The molecule has 1 aromatic heterocycles. The number of carbonyl (C=O) groups is 1. The average molecular weight is 344 g/mol. The van der Waals surface area contributed by atoms with Gasteiger partial charge in [-0.15, -0.1) is 5.10 Å². The standard InChI is InChI=1S/C16H14ClN5O2/c1-24-14-8-2-11(3-9-14)16(23)18-10-15-19-20-21-22(15)13-6-4-12(17)5-7-13/h2-9H,10H2,1H3,(H,18,23). The predicted octanol–water partition coefficient (Wildman–Crippen LogP) is 2.25. The zero-order valence-electron chi connectivity index (χ0n) is 12.8. The van der Waals surface area contributed by atoms with E-state index >= 15 is 0 Å². The molecule has 0 saturated carbocycles. The van der Waals surface area contributed by atoms with Crippen molar-refractivity contribution in [3.8, 4) is 11.4 Å². The normalized spacial score (nSPS) is 10.4. The van der Waals surface area contributed by atoms with Crippen molar-refractivity contribution in [2.75, 3.05) is 7.11 Å². The van der Waals surface area contributed by atoms with Crippen LogP contribution in [-0.4, -0.2) is 33.2 Å². The smallest absolute Gasteiger partial charge is 0.251 e. The maximum atomic E-state index is 12.2. The monoisotopic (exact) mass is 343 g/mol. The Morgan fingerprint density at radius 3 is 2.54 bits per heavy atom. The Bertz CT molecular complexity index is 830. The summed E-state index contributed by atoms with van der Waals surface area (Å²) in [7, 11) is 1.58. The fourth-order valence-electron chi connectivity index (χ4n) is 2.10. The molecule has 0 radical (unpaired) electrons. The maximum Gasteiger partial charge on any atom is 0.251 e. The number of hydrogen-bond acceptors (Lipinski definition) is 5. The van der Waals surface area contributed by atoms with Crippen LogP contribution in [0, 0.1) is 0 Å². The third-order valence-corrected chi connectivity index (χ3v) is 3.62. The SMILES string of the molecule is COc1ccc(C(=O)NCc2nnnn2-c2ccc(Cl)cc2)cc1. The molecule has 0 aliphatic rings. The Balaban J connectivity index is 1.69. The molecule has 0 bridgehead atoms. The Morgan fingerprint density at radius 2 is 1.88 bits per heavy atom. The minimum Gasteiger partial charge on any atom is -0.497 e. The summed E-state index contributed by atoms with van der Waals surface area (Å²) in [6.07, 6.45) is 0. The van der Waals surface area contributed by atoms with Crippen LogP contribution in [-0.2, 0) is 6.54 Å². The van der Waals surface area contributed by atoms with Crippen LogP contribution >= 0.6 is 11.6 Å². The molecule has 8 heteroatoms. The number of nitrogens with one attached hydrogen (secondary N) is 1. The number of halogens is 1. The van der Waals surface area contributed by atoms with Crippen LogP contribution in [0.15, 0.2) is 48.5 Å². The molecular formula is C16H14ClN5O2. The van der Waals surface area contributed by atoms with E-state index in [1.54, 1.807) is 60.3 Å². The zero-order valence-corrected chi connectivity index (χ0v) is 13.6. The van der Waals surface area contributed by atoms with E-state index in [0.29, 0.717) is 22.2 Å². The van der Waals surface area contributed by atoms with Gasteiger partial charge in [-0.25, -0.2) is 0 Å². The van der Waals surface area contributed by atoms with Crippen molar-refractivity contribution in [2.45, 2.75) is 6.54 Å². The lowest BCUT2D eigenvalue weighted by molar-refractivity contribution is 0.0949. The van der Waals surface area contributed by atoms with Crippen LogP contribution in [0.5, 0.6) is 5.75 Å². The fourth-order valence-corrected chi connectivity index (χ4v) is 2.23. The van der Waals surface area contributed by atoms with Crippen LogP contribution in [0.4, 0.5) is 0 Å². The highest BCUT2D eigenvalue weighted by Crippen LogP contribution is 2.14. The van der Waals surface area contributed by atoms with E-state index in [4.69, 9.17) is 16.3 Å². The van der Waals surface area contributed by atoms with E-state index in [-0.39, 0.29) is 12.5 Å². The third kappa shape index (κ3) is 3.52. The van der Waals surface area contributed by atoms with E-state index in [1.165, 1.54) is 0 Å². The summed E-state index contributed by atoms with van der Waals surface area (Å²) in [4.78, 5) is 12.2. The lowest BCUT2D eigenvalue weighted by Crippen LogP contribution is -2.24. The number of benzene rings is 2. The van der Waals surface area contributed by atoms with Gasteiger partial charge in [0.1, 0.15) is 5.75 Å². The minimum atomic E-state index is -0.219. The van der Waals surface area contributed by atoms with E-state index in [1.807, 2.05) is 0 Å². The summed E-state index contributed by atoms with van der Waals surface area (Å²) in [5.41, 5.74) is 1.29. The lowest BCUT2D eigenvalue weighted by atomic mass is 10.2. The number of amides is 1. The Kier molecular flexibility index (Phi) is 4.72. The van der Waals surface area contributed by atoms with Gasteiger partial charge in [-0.1, -0.05) is 11.6 Å². The Labute approximate surface area is 143 Å². The molecule has 1 amide bonds. The van der Waals surface area contributed by atoms with Gasteiger partial charge >= 0.3 is 0 Å². The first-order chi connectivity index (χ1) is 11.7. The van der Waals surface area contributed by atoms with Gasteiger partial charge in [0, 0.05) is 10.6 Å². The predicted molar refractivity (Wildman–Crippen MR) is 88.3 cm³/mol. The van der Waals surface area contributed by atoms with Crippen LogP contribution < -0.4 is 10.1 Å². The highest BCUT2D eigenvalue weighted by molar-refractivity contribution is 6.30. The van der Waals surface area contributed by atoms with Gasteiger partial charge in [0.15, 0.2) is 5.82 Å². The van der Waals surface area contributed by atoms with Crippen LogP contribution in [0.2, 0.25) is 5.02 Å². The molecule has 0 aliphatic carbocycles. The average Bonchev–Trinajstić information content (AvgIpc) is 3.09. The van der Waals surface area contributed by atoms with E-state index in [9.17, 15) is 4.79 Å². The van der Waals surface area contributed by atoms with E-state index < -0.39 is 0 Å². The summed E-state index contributed by atoms with van der Waals surface area (Å²) in [5, 5.41) is 15.0. The number of hydrogen-bond donors (Lipinski definition) is 1. The van der Waals surface area contributed by atoms with Crippen molar-refractivity contribution in [1.82, 2.24) is 25.5 Å². The number of nitrogens with zero attached hydrogens (tertiary/aromatic N) is 4. The van der Waals surface area contributed by atoms with Gasteiger partial charge in [-0.05, 0) is 59.0 Å². The molecule has 2 aromatic carbocycles. The number of tetrazole rings is 1. The maximum absolute atomic E-state index is 12.2. The molecule has 0 atom stereocenters. The fraction of sp³-hybridized carbons (Fsp3) is 0.125. The molecule has 122 valence electrons. The first kappa shape index (κ1) is 15.9. The molecule has 0 unspecified atom stereocenters. The minimum absolute atomic E-state index is 0.195. The molecule has 1 N–H and O–H groups in total. The lowest BCUT2D eigenvalue weighted by Gasteiger charge is -2.07. The van der Waals surface area contributed by atoms with Crippen molar-refractivity contribution in [3.05, 3.63) is 64.9 Å². The molecule has 3 rings (SSSR count). The molecule has 7 nitrogen and oxygen atoms in total. The summed E-state index contributed by atoms with van der Waals surface area (Å²) < 4.78 is 6.62. The van der Waals surface area contributed by atoms with Gasteiger partial charge in [0.05, 0.1) is 19.3 Å². The van der Waals surface area contributed by atoms with Crippen molar-refractivity contribution < 1.29 is 9.53 Å². The molecule has 0 saturated heterocycles. The van der Waals surface area contributed by atoms with Crippen molar-refractivity contribution in [3.63, 3.8) is 0 Å². The van der Waals surface area contributed by atoms with Crippen molar-refractivity contribution in [1.29, 1.82) is 0 Å². The second-order valence-corrected chi connectivity index (χ2v) is 5.33. The Morgan fingerprint density at radius 1 is 1.17 bits per heavy atom. The molecule has 0 aliphatic heterocycles. The van der Waals surface area contributed by atoms with Gasteiger partial charge in [0.2, 0.25) is 0 Å². The molecule has 0 spiro atoms.